The van der Waals surface area contributed by atoms with Gasteiger partial charge in [-0.05, 0) is 37.8 Å². The summed E-state index contributed by atoms with van der Waals surface area (Å²) >= 11 is 0. The smallest absolute Gasteiger partial charge is 0.240 e. The Morgan fingerprint density at radius 2 is 2.39 bits per heavy atom. The predicted molar refractivity (Wildman–Crippen MR) is 67.9 cm³/mol. The lowest BCUT2D eigenvalue weighted by molar-refractivity contribution is -0.119. The number of anilines is 1. The monoisotopic (exact) mass is 244 g/mol. The van der Waals surface area contributed by atoms with E-state index >= 15 is 0 Å². The lowest BCUT2D eigenvalue weighted by Gasteiger charge is -2.35. The third kappa shape index (κ3) is 2.14. The third-order valence-corrected chi connectivity index (χ3v) is 3.35. The highest BCUT2D eigenvalue weighted by Crippen LogP contribution is 2.27. The summed E-state index contributed by atoms with van der Waals surface area (Å²) in [5.74, 6) is 0.239. The molecule has 0 radical (unpaired) electrons. The second kappa shape index (κ2) is 5.05. The fourth-order valence-electron chi connectivity index (χ4n) is 2.38. The molecule has 0 spiro atoms. The van der Waals surface area contributed by atoms with Crippen LogP contribution in [0.25, 0.3) is 0 Å². The van der Waals surface area contributed by atoms with Gasteiger partial charge in [-0.3, -0.25) is 4.79 Å². The predicted octanol–water partition coefficient (Wildman–Crippen LogP) is 1.11. The standard InChI is InChI=1S/C13H16N4O/c1-9-5-6-16-13(10(9)8-14)17-7-3-2-4-11(17)12(15)18/h5-6,11H,2-4,7H2,1H3,(H2,15,18). The summed E-state index contributed by atoms with van der Waals surface area (Å²) < 4.78 is 0. The molecule has 1 aromatic rings. The molecule has 5 heteroatoms. The van der Waals surface area contributed by atoms with Gasteiger partial charge in [0.05, 0.1) is 5.56 Å². The van der Waals surface area contributed by atoms with Gasteiger partial charge in [-0.25, -0.2) is 4.98 Å². The van der Waals surface area contributed by atoms with E-state index in [0.29, 0.717) is 11.4 Å². The number of hydrogen-bond acceptors (Lipinski definition) is 4. The Balaban J connectivity index is 2.43. The maximum atomic E-state index is 11.5. The number of primary amides is 1. The fraction of sp³-hybridized carbons (Fsp3) is 0.462. The van der Waals surface area contributed by atoms with Gasteiger partial charge in [-0.1, -0.05) is 0 Å². The third-order valence-electron chi connectivity index (χ3n) is 3.35. The SMILES string of the molecule is Cc1ccnc(N2CCCCC2C(N)=O)c1C#N. The highest BCUT2D eigenvalue weighted by atomic mass is 16.1. The summed E-state index contributed by atoms with van der Waals surface area (Å²) in [6, 6.07) is 3.61. The van der Waals surface area contributed by atoms with Crippen LogP contribution < -0.4 is 10.6 Å². The van der Waals surface area contributed by atoms with Crippen molar-refractivity contribution in [2.24, 2.45) is 5.73 Å². The van der Waals surface area contributed by atoms with E-state index in [4.69, 9.17) is 5.73 Å². The van der Waals surface area contributed by atoms with Gasteiger partial charge in [-0.15, -0.1) is 0 Å². The van der Waals surface area contributed by atoms with Crippen molar-refractivity contribution >= 4 is 11.7 Å². The minimum absolute atomic E-state index is 0.345. The molecular weight excluding hydrogens is 228 g/mol. The van der Waals surface area contributed by atoms with E-state index in [-0.39, 0.29) is 11.9 Å². The van der Waals surface area contributed by atoms with Crippen molar-refractivity contribution in [3.05, 3.63) is 23.4 Å². The Bertz CT molecular complexity index is 506. The van der Waals surface area contributed by atoms with Crippen LogP contribution in [0, 0.1) is 18.3 Å². The first-order chi connectivity index (χ1) is 8.65. The zero-order valence-corrected chi connectivity index (χ0v) is 10.4. The Morgan fingerprint density at radius 3 is 3.06 bits per heavy atom. The van der Waals surface area contributed by atoms with Crippen molar-refractivity contribution in [2.75, 3.05) is 11.4 Å². The van der Waals surface area contributed by atoms with Gasteiger partial charge in [0.2, 0.25) is 5.91 Å². The van der Waals surface area contributed by atoms with Crippen LogP contribution in [0.1, 0.15) is 30.4 Å². The second-order valence-electron chi connectivity index (χ2n) is 4.55. The van der Waals surface area contributed by atoms with Crippen LogP contribution in [-0.4, -0.2) is 23.5 Å². The maximum absolute atomic E-state index is 11.5. The second-order valence-corrected chi connectivity index (χ2v) is 4.55. The van der Waals surface area contributed by atoms with Gasteiger partial charge in [0.1, 0.15) is 17.9 Å². The average Bonchev–Trinajstić information content (AvgIpc) is 2.38. The van der Waals surface area contributed by atoms with Gasteiger partial charge >= 0.3 is 0 Å². The molecular formula is C13H16N4O. The molecule has 2 heterocycles. The molecule has 1 aliphatic heterocycles. The zero-order chi connectivity index (χ0) is 13.1. The number of nitrogens with zero attached hydrogens (tertiary/aromatic N) is 3. The quantitative estimate of drug-likeness (QED) is 0.844. The first-order valence-electron chi connectivity index (χ1n) is 6.07. The van der Waals surface area contributed by atoms with Crippen molar-refractivity contribution in [1.82, 2.24) is 4.98 Å². The number of carbonyl (C=O) groups is 1. The van der Waals surface area contributed by atoms with Crippen LogP contribution in [0.5, 0.6) is 0 Å². The molecule has 0 aliphatic carbocycles. The Morgan fingerprint density at radius 1 is 1.61 bits per heavy atom. The number of hydrogen-bond donors (Lipinski definition) is 1. The van der Waals surface area contributed by atoms with Crippen LogP contribution in [0.3, 0.4) is 0 Å². The van der Waals surface area contributed by atoms with Crippen molar-refractivity contribution in [2.45, 2.75) is 32.2 Å². The first-order valence-corrected chi connectivity index (χ1v) is 6.07. The molecule has 0 aromatic carbocycles. The van der Waals surface area contributed by atoms with Gasteiger partial charge in [0.25, 0.3) is 0 Å². The molecule has 1 saturated heterocycles. The number of rotatable bonds is 2. The topological polar surface area (TPSA) is 83.0 Å². The minimum atomic E-state index is -0.347. The van der Waals surface area contributed by atoms with Crippen LogP contribution >= 0.6 is 0 Å². The Labute approximate surface area is 106 Å². The number of aromatic nitrogens is 1. The molecule has 1 atom stereocenters. The molecule has 5 nitrogen and oxygen atoms in total. The molecule has 1 amide bonds. The van der Waals surface area contributed by atoms with E-state index < -0.39 is 0 Å². The fourth-order valence-corrected chi connectivity index (χ4v) is 2.38. The van der Waals surface area contributed by atoms with E-state index in [9.17, 15) is 10.1 Å². The van der Waals surface area contributed by atoms with Crippen molar-refractivity contribution in [1.29, 1.82) is 5.26 Å². The van der Waals surface area contributed by atoms with E-state index in [1.54, 1.807) is 12.3 Å². The van der Waals surface area contributed by atoms with Crippen LogP contribution in [0.15, 0.2) is 12.3 Å². The van der Waals surface area contributed by atoms with Crippen LogP contribution in [0.4, 0.5) is 5.82 Å². The van der Waals surface area contributed by atoms with Gasteiger partial charge in [0.15, 0.2) is 0 Å². The molecule has 1 unspecified atom stereocenters. The highest BCUT2D eigenvalue weighted by Gasteiger charge is 2.29. The molecule has 2 rings (SSSR count). The molecule has 1 aliphatic rings. The summed E-state index contributed by atoms with van der Waals surface area (Å²) in [7, 11) is 0. The van der Waals surface area contributed by atoms with E-state index in [1.165, 1.54) is 0 Å². The zero-order valence-electron chi connectivity index (χ0n) is 10.4. The number of pyridine rings is 1. The van der Waals surface area contributed by atoms with E-state index in [0.717, 1.165) is 31.4 Å². The first kappa shape index (κ1) is 12.4. The van der Waals surface area contributed by atoms with E-state index in [1.807, 2.05) is 11.8 Å². The number of aryl methyl sites for hydroxylation is 1. The summed E-state index contributed by atoms with van der Waals surface area (Å²) in [6.45, 7) is 2.59. The molecule has 18 heavy (non-hydrogen) atoms. The summed E-state index contributed by atoms with van der Waals surface area (Å²) in [6.07, 6.45) is 4.37. The number of carbonyl (C=O) groups excluding carboxylic acids is 1. The molecule has 1 aromatic heterocycles. The lowest BCUT2D eigenvalue weighted by Crippen LogP contribution is -2.48. The van der Waals surface area contributed by atoms with Gasteiger partial charge in [0, 0.05) is 12.7 Å². The normalized spacial score (nSPS) is 19.3. The largest absolute Gasteiger partial charge is 0.368 e. The van der Waals surface area contributed by atoms with Crippen molar-refractivity contribution in [3.8, 4) is 6.07 Å². The summed E-state index contributed by atoms with van der Waals surface area (Å²) in [5, 5.41) is 9.22. The van der Waals surface area contributed by atoms with E-state index in [2.05, 4.69) is 11.1 Å². The van der Waals surface area contributed by atoms with Crippen molar-refractivity contribution < 1.29 is 4.79 Å². The van der Waals surface area contributed by atoms with Crippen molar-refractivity contribution in [3.63, 3.8) is 0 Å². The summed E-state index contributed by atoms with van der Waals surface area (Å²) in [4.78, 5) is 17.6. The molecule has 94 valence electrons. The Hall–Kier alpha value is -2.09. The number of nitrogens with two attached hydrogens (primary N) is 1. The van der Waals surface area contributed by atoms with Crippen LogP contribution in [0.2, 0.25) is 0 Å². The lowest BCUT2D eigenvalue weighted by atomic mass is 10.0. The highest BCUT2D eigenvalue weighted by molar-refractivity contribution is 5.84. The molecule has 0 saturated carbocycles. The molecule has 1 fully saturated rings. The van der Waals surface area contributed by atoms with Gasteiger partial charge < -0.3 is 10.6 Å². The maximum Gasteiger partial charge on any atom is 0.240 e. The van der Waals surface area contributed by atoms with Crippen LogP contribution in [-0.2, 0) is 4.79 Å². The number of nitriles is 1. The summed E-state index contributed by atoms with van der Waals surface area (Å²) in [5.41, 5.74) is 6.84. The van der Waals surface area contributed by atoms with Gasteiger partial charge in [-0.2, -0.15) is 5.26 Å². The number of piperidine rings is 1. The molecule has 0 bridgehead atoms. The number of amides is 1. The Kier molecular flexibility index (Phi) is 3.47. The minimum Gasteiger partial charge on any atom is -0.368 e. The molecule has 2 N–H and O–H groups in total. The average molecular weight is 244 g/mol.